The summed E-state index contributed by atoms with van der Waals surface area (Å²) in [6.07, 6.45) is 3.05. The summed E-state index contributed by atoms with van der Waals surface area (Å²) in [7, 11) is 0. The molecule has 2 heterocycles. The van der Waals surface area contributed by atoms with Crippen molar-refractivity contribution in [3.63, 3.8) is 0 Å². The van der Waals surface area contributed by atoms with Crippen LogP contribution in [0.15, 0.2) is 71.3 Å². The van der Waals surface area contributed by atoms with Crippen molar-refractivity contribution >= 4 is 11.5 Å². The van der Waals surface area contributed by atoms with Gasteiger partial charge < -0.3 is 9.52 Å². The molecule has 5 heteroatoms. The summed E-state index contributed by atoms with van der Waals surface area (Å²) in [6, 6.07) is 14.3. The molecule has 0 saturated heterocycles. The molecule has 120 valence electrons. The second-order valence-corrected chi connectivity index (χ2v) is 5.18. The van der Waals surface area contributed by atoms with Crippen LogP contribution in [0.1, 0.15) is 27.6 Å². The van der Waals surface area contributed by atoms with Gasteiger partial charge in [-0.25, -0.2) is 4.39 Å². The van der Waals surface area contributed by atoms with Crippen LogP contribution in [-0.2, 0) is 6.42 Å². The van der Waals surface area contributed by atoms with Gasteiger partial charge in [-0.15, -0.1) is 0 Å². The fourth-order valence-corrected chi connectivity index (χ4v) is 2.19. The molecule has 0 fully saturated rings. The van der Waals surface area contributed by atoms with Crippen LogP contribution >= 0.6 is 0 Å². The van der Waals surface area contributed by atoms with E-state index in [0.29, 0.717) is 17.9 Å². The minimum atomic E-state index is -0.455. The zero-order chi connectivity index (χ0) is 16.9. The Labute approximate surface area is 137 Å². The number of aliphatic hydroxyl groups excluding tert-OH is 1. The van der Waals surface area contributed by atoms with Gasteiger partial charge in [0.2, 0.25) is 5.78 Å². The van der Waals surface area contributed by atoms with Crippen molar-refractivity contribution in [2.75, 3.05) is 0 Å². The molecule has 0 bridgehead atoms. The van der Waals surface area contributed by atoms with Gasteiger partial charge in [-0.05, 0) is 42.0 Å². The van der Waals surface area contributed by atoms with Gasteiger partial charge in [0, 0.05) is 18.7 Å². The number of ketones is 1. The molecule has 0 aliphatic carbocycles. The largest absolute Gasteiger partial charge is 0.506 e. The zero-order valence-corrected chi connectivity index (χ0v) is 12.6. The molecule has 0 atom stereocenters. The normalized spacial score (nSPS) is 11.5. The second-order valence-electron chi connectivity index (χ2n) is 5.18. The number of carbonyl (C=O) groups is 1. The zero-order valence-electron chi connectivity index (χ0n) is 12.6. The number of hydrogen-bond donors (Lipinski definition) is 1. The van der Waals surface area contributed by atoms with E-state index in [1.54, 1.807) is 42.5 Å². The van der Waals surface area contributed by atoms with Crippen molar-refractivity contribution in [2.45, 2.75) is 6.42 Å². The van der Waals surface area contributed by atoms with E-state index < -0.39 is 5.78 Å². The first-order valence-corrected chi connectivity index (χ1v) is 7.31. The van der Waals surface area contributed by atoms with Crippen LogP contribution < -0.4 is 0 Å². The number of aromatic nitrogens is 1. The fraction of sp³-hybridized carbons (Fsp3) is 0.0526. The van der Waals surface area contributed by atoms with Gasteiger partial charge in [0.15, 0.2) is 5.76 Å². The molecular formula is C19H14FNO3. The lowest BCUT2D eigenvalue weighted by molar-refractivity contribution is 0.101. The number of benzene rings is 1. The summed E-state index contributed by atoms with van der Waals surface area (Å²) in [4.78, 5) is 16.1. The third kappa shape index (κ3) is 3.76. The van der Waals surface area contributed by atoms with Gasteiger partial charge in [0.05, 0.1) is 0 Å². The maximum Gasteiger partial charge on any atom is 0.224 e. The van der Waals surface area contributed by atoms with Crippen LogP contribution in [0.4, 0.5) is 4.39 Å². The number of nitrogens with zero attached hydrogens (tertiary/aromatic N) is 1. The number of aliphatic hydroxyl groups is 1. The minimum absolute atomic E-state index is 0.120. The maximum atomic E-state index is 12.9. The van der Waals surface area contributed by atoms with E-state index in [1.807, 2.05) is 0 Å². The summed E-state index contributed by atoms with van der Waals surface area (Å²) in [5.41, 5.74) is 1.18. The molecule has 0 saturated carbocycles. The van der Waals surface area contributed by atoms with Crippen LogP contribution in [0.3, 0.4) is 0 Å². The Bertz CT molecular complexity index is 867. The average molecular weight is 323 g/mol. The summed E-state index contributed by atoms with van der Waals surface area (Å²) in [5, 5.41) is 9.92. The molecule has 1 N–H and O–H groups in total. The van der Waals surface area contributed by atoms with E-state index in [0.717, 1.165) is 11.6 Å². The van der Waals surface area contributed by atoms with Crippen LogP contribution in [0.25, 0.3) is 5.76 Å². The van der Waals surface area contributed by atoms with Crippen molar-refractivity contribution < 1.29 is 18.7 Å². The first kappa shape index (κ1) is 15.7. The lowest BCUT2D eigenvalue weighted by Crippen LogP contribution is -1.96. The maximum absolute atomic E-state index is 12.9. The number of hydrogen-bond acceptors (Lipinski definition) is 4. The molecule has 0 spiro atoms. The van der Waals surface area contributed by atoms with Gasteiger partial charge in [0.1, 0.15) is 23.0 Å². The third-order valence-corrected chi connectivity index (χ3v) is 3.39. The predicted molar refractivity (Wildman–Crippen MR) is 87.1 cm³/mol. The van der Waals surface area contributed by atoms with Crippen molar-refractivity contribution in [3.05, 3.63) is 95.5 Å². The van der Waals surface area contributed by atoms with E-state index in [9.17, 15) is 14.3 Å². The number of pyridine rings is 1. The van der Waals surface area contributed by atoms with E-state index in [4.69, 9.17) is 4.42 Å². The van der Waals surface area contributed by atoms with Crippen molar-refractivity contribution in [2.24, 2.45) is 0 Å². The lowest BCUT2D eigenvalue weighted by Gasteiger charge is -1.99. The van der Waals surface area contributed by atoms with Crippen LogP contribution in [0.5, 0.6) is 0 Å². The fourth-order valence-electron chi connectivity index (χ4n) is 2.19. The Hall–Kier alpha value is -3.21. The van der Waals surface area contributed by atoms with Gasteiger partial charge in [-0.2, -0.15) is 0 Å². The number of allylic oxidation sites excluding steroid dienone is 1. The number of furan rings is 1. The van der Waals surface area contributed by atoms with E-state index in [-0.39, 0.29) is 17.3 Å². The van der Waals surface area contributed by atoms with Crippen LogP contribution in [0.2, 0.25) is 0 Å². The Kier molecular flexibility index (Phi) is 4.52. The highest BCUT2D eigenvalue weighted by Crippen LogP contribution is 2.16. The Morgan fingerprint density at radius 1 is 1.12 bits per heavy atom. The molecule has 0 aliphatic rings. The second kappa shape index (κ2) is 6.91. The van der Waals surface area contributed by atoms with Crippen LogP contribution in [-0.4, -0.2) is 15.9 Å². The average Bonchev–Trinajstić information content (AvgIpc) is 3.06. The standard InChI is InChI=1S/C19H14FNO3/c20-14-6-4-13(5-7-14)11-15-8-9-19(24-15)18(23)12-17(22)16-3-1-2-10-21-16/h1-10,12,22H,11H2/b17-12-. The number of rotatable bonds is 5. The molecule has 24 heavy (non-hydrogen) atoms. The summed E-state index contributed by atoms with van der Waals surface area (Å²) in [5.74, 6) is -0.282. The molecule has 2 aromatic heterocycles. The number of halogens is 1. The Morgan fingerprint density at radius 3 is 2.62 bits per heavy atom. The highest BCUT2D eigenvalue weighted by molar-refractivity contribution is 6.05. The molecule has 4 nitrogen and oxygen atoms in total. The topological polar surface area (TPSA) is 63.3 Å². The molecule has 0 aliphatic heterocycles. The highest BCUT2D eigenvalue weighted by Gasteiger charge is 2.12. The molecular weight excluding hydrogens is 309 g/mol. The first-order chi connectivity index (χ1) is 11.6. The smallest absolute Gasteiger partial charge is 0.224 e. The van der Waals surface area contributed by atoms with E-state index in [2.05, 4.69) is 4.98 Å². The van der Waals surface area contributed by atoms with Crippen molar-refractivity contribution in [3.8, 4) is 0 Å². The lowest BCUT2D eigenvalue weighted by atomic mass is 10.1. The molecule has 0 amide bonds. The Balaban J connectivity index is 1.73. The SMILES string of the molecule is O=C(/C=C(\O)c1ccccn1)c1ccc(Cc2ccc(F)cc2)o1. The predicted octanol–water partition coefficient (Wildman–Crippen LogP) is 4.19. The molecule has 0 unspecified atom stereocenters. The quantitative estimate of drug-likeness (QED) is 0.434. The first-order valence-electron chi connectivity index (χ1n) is 7.31. The van der Waals surface area contributed by atoms with Crippen molar-refractivity contribution in [1.29, 1.82) is 0 Å². The summed E-state index contributed by atoms with van der Waals surface area (Å²) < 4.78 is 18.4. The highest BCUT2D eigenvalue weighted by atomic mass is 19.1. The monoisotopic (exact) mass is 323 g/mol. The van der Waals surface area contributed by atoms with Gasteiger partial charge in [0.25, 0.3) is 0 Å². The van der Waals surface area contributed by atoms with Gasteiger partial charge in [-0.3, -0.25) is 9.78 Å². The minimum Gasteiger partial charge on any atom is -0.506 e. The molecule has 3 aromatic rings. The van der Waals surface area contributed by atoms with Gasteiger partial charge in [-0.1, -0.05) is 18.2 Å². The molecule has 1 aromatic carbocycles. The van der Waals surface area contributed by atoms with Crippen molar-refractivity contribution in [1.82, 2.24) is 4.98 Å². The van der Waals surface area contributed by atoms with Gasteiger partial charge >= 0.3 is 0 Å². The molecule has 3 rings (SSSR count). The number of carbonyl (C=O) groups excluding carboxylic acids is 1. The third-order valence-electron chi connectivity index (χ3n) is 3.39. The summed E-state index contributed by atoms with van der Waals surface area (Å²) >= 11 is 0. The van der Waals surface area contributed by atoms with E-state index >= 15 is 0 Å². The summed E-state index contributed by atoms with van der Waals surface area (Å²) in [6.45, 7) is 0. The Morgan fingerprint density at radius 2 is 1.92 bits per heavy atom. The van der Waals surface area contributed by atoms with Crippen LogP contribution in [0, 0.1) is 5.82 Å². The van der Waals surface area contributed by atoms with E-state index in [1.165, 1.54) is 18.3 Å². The molecule has 0 radical (unpaired) electrons.